The number of carbonyl (C=O) groups excluding carboxylic acids is 1. The van der Waals surface area contributed by atoms with Crippen molar-refractivity contribution in [2.45, 2.75) is 12.8 Å². The number of rotatable bonds is 4. The molecule has 98 valence electrons. The summed E-state index contributed by atoms with van der Waals surface area (Å²) in [6, 6.07) is 0. The van der Waals surface area contributed by atoms with Crippen LogP contribution in [-0.4, -0.2) is 41.4 Å². The van der Waals surface area contributed by atoms with Crippen LogP contribution >= 0.6 is 0 Å². The Labute approximate surface area is 106 Å². The quantitative estimate of drug-likeness (QED) is 0.641. The fourth-order valence-corrected chi connectivity index (χ4v) is 1.66. The molecule has 0 spiro atoms. The Morgan fingerprint density at radius 1 is 0.833 bits per heavy atom. The zero-order valence-electron chi connectivity index (χ0n) is 10.2. The number of aliphatic hydroxyl groups is 3. The van der Waals surface area contributed by atoms with Crippen molar-refractivity contribution in [3.05, 3.63) is 46.6 Å². The first kappa shape index (κ1) is 14.6. The maximum absolute atomic E-state index is 10.1. The van der Waals surface area contributed by atoms with Crippen molar-refractivity contribution in [3.63, 3.8) is 0 Å². The Morgan fingerprint density at radius 3 is 1.56 bits per heavy atom. The monoisotopic (exact) mass is 250 g/mol. The topological polar surface area (TPSA) is 77.8 Å². The van der Waals surface area contributed by atoms with Gasteiger partial charge < -0.3 is 15.3 Å². The van der Waals surface area contributed by atoms with Crippen molar-refractivity contribution in [2.75, 3.05) is 19.8 Å². The molecule has 0 atom stereocenters. The van der Waals surface area contributed by atoms with E-state index >= 15 is 0 Å². The lowest BCUT2D eigenvalue weighted by atomic mass is 10.2. The van der Waals surface area contributed by atoms with Crippen molar-refractivity contribution >= 4 is 6.29 Å². The molecular formula is C14H18O4. The number of hydrogen-bond donors (Lipinski definition) is 3. The highest BCUT2D eigenvalue weighted by atomic mass is 16.3. The van der Waals surface area contributed by atoms with Crippen LogP contribution in [0.1, 0.15) is 12.8 Å². The van der Waals surface area contributed by atoms with Gasteiger partial charge in [-0.05, 0) is 35.1 Å². The van der Waals surface area contributed by atoms with Crippen molar-refractivity contribution in [3.8, 4) is 0 Å². The first-order valence-electron chi connectivity index (χ1n) is 5.77. The van der Waals surface area contributed by atoms with Crippen LogP contribution in [0.25, 0.3) is 0 Å². The van der Waals surface area contributed by atoms with Gasteiger partial charge in [-0.25, -0.2) is 0 Å². The predicted octanol–water partition coefficient (Wildman–Crippen LogP) is 0.662. The van der Waals surface area contributed by atoms with Crippen LogP contribution in [0, 0.1) is 0 Å². The fraction of sp³-hybridized carbons (Fsp3) is 0.357. The summed E-state index contributed by atoms with van der Waals surface area (Å²) >= 11 is 0. The summed E-state index contributed by atoms with van der Waals surface area (Å²) in [5, 5.41) is 25.8. The Hall–Kier alpha value is -1.49. The SMILES string of the molecule is O=CC1=CC=C(CO)C1.OCC1=CC=C(CO)C1. The normalized spacial score (nSPS) is 17.3. The van der Waals surface area contributed by atoms with Crippen LogP contribution in [0.5, 0.6) is 0 Å². The van der Waals surface area contributed by atoms with Gasteiger partial charge in [0.1, 0.15) is 6.29 Å². The molecule has 0 heterocycles. The Bertz CT molecular complexity index is 396. The van der Waals surface area contributed by atoms with E-state index in [1.54, 1.807) is 12.2 Å². The Morgan fingerprint density at radius 2 is 1.28 bits per heavy atom. The summed E-state index contributed by atoms with van der Waals surface area (Å²) in [7, 11) is 0. The third kappa shape index (κ3) is 4.41. The van der Waals surface area contributed by atoms with Crippen LogP contribution in [0.2, 0.25) is 0 Å². The number of aliphatic hydroxyl groups excluding tert-OH is 3. The number of carbonyl (C=O) groups is 1. The predicted molar refractivity (Wildman–Crippen MR) is 68.9 cm³/mol. The molecular weight excluding hydrogens is 232 g/mol. The summed E-state index contributed by atoms with van der Waals surface area (Å²) in [5.74, 6) is 0. The molecule has 0 amide bonds. The van der Waals surface area contributed by atoms with Crippen molar-refractivity contribution in [1.82, 2.24) is 0 Å². The molecule has 3 N–H and O–H groups in total. The number of hydrogen-bond acceptors (Lipinski definition) is 4. The lowest BCUT2D eigenvalue weighted by molar-refractivity contribution is -0.104. The van der Waals surface area contributed by atoms with Crippen LogP contribution in [0.4, 0.5) is 0 Å². The second-order valence-corrected chi connectivity index (χ2v) is 4.16. The van der Waals surface area contributed by atoms with Gasteiger partial charge in [-0.3, -0.25) is 4.79 Å². The molecule has 0 saturated heterocycles. The van der Waals surface area contributed by atoms with Crippen LogP contribution in [-0.2, 0) is 4.79 Å². The van der Waals surface area contributed by atoms with E-state index in [-0.39, 0.29) is 19.8 Å². The maximum Gasteiger partial charge on any atom is 0.146 e. The summed E-state index contributed by atoms with van der Waals surface area (Å²) in [5.41, 5.74) is 3.63. The maximum atomic E-state index is 10.1. The van der Waals surface area contributed by atoms with Crippen LogP contribution < -0.4 is 0 Å². The van der Waals surface area contributed by atoms with Gasteiger partial charge in [0.25, 0.3) is 0 Å². The zero-order valence-corrected chi connectivity index (χ0v) is 10.2. The van der Waals surface area contributed by atoms with E-state index in [4.69, 9.17) is 15.3 Å². The molecule has 0 aromatic rings. The number of aldehydes is 1. The van der Waals surface area contributed by atoms with Crippen LogP contribution in [0.3, 0.4) is 0 Å². The van der Waals surface area contributed by atoms with Crippen molar-refractivity contribution < 1.29 is 20.1 Å². The fourth-order valence-electron chi connectivity index (χ4n) is 1.66. The molecule has 0 bridgehead atoms. The molecule has 0 saturated carbocycles. The third-order valence-corrected chi connectivity index (χ3v) is 2.73. The highest BCUT2D eigenvalue weighted by Crippen LogP contribution is 2.17. The minimum atomic E-state index is 0.0633. The number of allylic oxidation sites excluding steroid dienone is 5. The Kier molecular flexibility index (Phi) is 6.28. The summed E-state index contributed by atoms with van der Waals surface area (Å²) in [6.07, 6.45) is 9.41. The molecule has 4 heteroatoms. The molecule has 0 unspecified atom stereocenters. The van der Waals surface area contributed by atoms with Gasteiger partial charge >= 0.3 is 0 Å². The average molecular weight is 250 g/mol. The first-order chi connectivity index (χ1) is 8.73. The van der Waals surface area contributed by atoms with E-state index in [1.807, 2.05) is 12.2 Å². The second kappa shape index (κ2) is 7.76. The van der Waals surface area contributed by atoms with Gasteiger partial charge in [-0.15, -0.1) is 0 Å². The van der Waals surface area contributed by atoms with E-state index in [9.17, 15) is 4.79 Å². The summed E-state index contributed by atoms with van der Waals surface area (Å²) in [4.78, 5) is 10.1. The first-order valence-corrected chi connectivity index (χ1v) is 5.77. The van der Waals surface area contributed by atoms with Gasteiger partial charge in [-0.2, -0.15) is 0 Å². The summed E-state index contributed by atoms with van der Waals surface area (Å²) < 4.78 is 0. The van der Waals surface area contributed by atoms with Gasteiger partial charge in [0.2, 0.25) is 0 Å². The smallest absolute Gasteiger partial charge is 0.146 e. The molecule has 0 radical (unpaired) electrons. The van der Waals surface area contributed by atoms with Gasteiger partial charge in [0.15, 0.2) is 0 Å². The molecule has 2 aliphatic carbocycles. The van der Waals surface area contributed by atoms with E-state index in [0.29, 0.717) is 6.42 Å². The van der Waals surface area contributed by atoms with Crippen molar-refractivity contribution in [2.24, 2.45) is 0 Å². The van der Waals surface area contributed by atoms with Crippen LogP contribution in [0.15, 0.2) is 46.6 Å². The molecule has 0 fully saturated rings. The van der Waals surface area contributed by atoms with Gasteiger partial charge in [0.05, 0.1) is 19.8 Å². The van der Waals surface area contributed by atoms with Gasteiger partial charge in [-0.1, -0.05) is 24.3 Å². The zero-order chi connectivity index (χ0) is 13.4. The largest absolute Gasteiger partial charge is 0.392 e. The molecule has 0 aliphatic heterocycles. The minimum absolute atomic E-state index is 0.0633. The summed E-state index contributed by atoms with van der Waals surface area (Å²) in [6.45, 7) is 0.286. The molecule has 0 aromatic heterocycles. The molecule has 18 heavy (non-hydrogen) atoms. The third-order valence-electron chi connectivity index (χ3n) is 2.73. The second-order valence-electron chi connectivity index (χ2n) is 4.16. The molecule has 2 rings (SSSR count). The molecule has 0 aromatic carbocycles. The van der Waals surface area contributed by atoms with Crippen molar-refractivity contribution in [1.29, 1.82) is 0 Å². The lowest BCUT2D eigenvalue weighted by Crippen LogP contribution is -1.91. The highest BCUT2D eigenvalue weighted by Gasteiger charge is 2.05. The molecule has 4 nitrogen and oxygen atoms in total. The van der Waals surface area contributed by atoms with Gasteiger partial charge in [0, 0.05) is 0 Å². The molecule has 2 aliphatic rings. The average Bonchev–Trinajstić information content (AvgIpc) is 3.07. The van der Waals surface area contributed by atoms with E-state index in [0.717, 1.165) is 35.0 Å². The van der Waals surface area contributed by atoms with E-state index in [2.05, 4.69) is 0 Å². The standard InChI is InChI=1S/C7H10O2.C7H8O2/c2*8-4-6-1-2-7(3-6)5-9/h1-2,8-9H,3-5H2;1-2,4,9H,3,5H2. The highest BCUT2D eigenvalue weighted by molar-refractivity contribution is 5.76. The Balaban J connectivity index is 0.000000180. The van der Waals surface area contributed by atoms with E-state index in [1.165, 1.54) is 0 Å². The lowest BCUT2D eigenvalue weighted by Gasteiger charge is -1.96. The van der Waals surface area contributed by atoms with E-state index < -0.39 is 0 Å². The minimum Gasteiger partial charge on any atom is -0.392 e.